The zero-order chi connectivity index (χ0) is 102. The van der Waals surface area contributed by atoms with Gasteiger partial charge in [-0.2, -0.15) is 0 Å². The van der Waals surface area contributed by atoms with E-state index in [0.717, 1.165) is 0 Å². The van der Waals surface area contributed by atoms with E-state index in [1.807, 2.05) is 0 Å². The van der Waals surface area contributed by atoms with E-state index in [2.05, 4.69) is 41.8 Å². The fraction of sp³-hybridized carbons (Fsp3) is 0.865. The maximum absolute atomic E-state index is 14.1. The van der Waals surface area contributed by atoms with Gasteiger partial charge in [0.1, 0.15) is 158 Å². The first kappa shape index (κ1) is 168. The Morgan fingerprint density at radius 2 is 0.646 bits per heavy atom. The van der Waals surface area contributed by atoms with Crippen LogP contribution in [-0.4, -0.2) is 447 Å². The minimum Gasteiger partial charge on any atom is -0.726 e. The monoisotopic (exact) mass is 2460 g/mol. The Hall–Kier alpha value is 7.75. The second-order valence-corrected chi connectivity index (χ2v) is 38.2. The smallest absolute Gasteiger partial charge is 0.726 e. The number of carbonyl (C=O) groups is 5. The predicted octanol–water partition coefficient (Wildman–Crippen LogP) is -62.1. The predicted molar refractivity (Wildman–Crippen MR) is 363 cm³/mol. The van der Waals surface area contributed by atoms with Crippen LogP contribution in [0.5, 0.6) is 0 Å². The summed E-state index contributed by atoms with van der Waals surface area (Å²) in [5.41, 5.74) is 0. The van der Waals surface area contributed by atoms with Gasteiger partial charge < -0.3 is 193 Å². The van der Waals surface area contributed by atoms with Crippen LogP contribution >= 0.6 is 0 Å². The van der Waals surface area contributed by atoms with Crippen molar-refractivity contribution in [3.63, 3.8) is 0 Å². The molecule has 7 aliphatic heterocycles. The van der Waals surface area contributed by atoms with Crippen LogP contribution in [0.2, 0.25) is 0 Å². The summed E-state index contributed by atoms with van der Waals surface area (Å²) in [4.78, 5) is 66.9. The largest absolute Gasteiger partial charge is 1.00 e. The van der Waals surface area contributed by atoms with E-state index in [-0.39, 0.29) is 390 Å². The molecular formula is C52H69N2Na13O70S10. The van der Waals surface area contributed by atoms with Crippen LogP contribution in [0.1, 0.15) is 34.6 Å². The van der Waals surface area contributed by atoms with Crippen LogP contribution in [0.25, 0.3) is 0 Å². The number of carbonyl (C=O) groups excluding carboxylic acids is 5. The summed E-state index contributed by atoms with van der Waals surface area (Å²) in [5, 5.41) is 135. The molecule has 95 heteroatoms. The average Bonchev–Trinajstić information content (AvgIpc) is 0.744. The zero-order valence-corrected chi connectivity index (χ0v) is 113. The molecule has 37 atom stereocenters. The molecule has 6 saturated heterocycles. The molecule has 0 saturated carbocycles. The summed E-state index contributed by atoms with van der Waals surface area (Å²) >= 11 is 0. The topological polar surface area (TPSA) is 1130 Å². The Morgan fingerprint density at radius 3 is 0.973 bits per heavy atom. The molecular weight excluding hydrogens is 2390 g/mol. The summed E-state index contributed by atoms with van der Waals surface area (Å²) in [5.74, 6) is -14.0. The number of amides is 2. The summed E-state index contributed by atoms with van der Waals surface area (Å²) in [6.07, 6.45) is -112. The van der Waals surface area contributed by atoms with E-state index in [4.69, 9.17) is 66.3 Å². The first-order chi connectivity index (χ1) is 60.8. The Labute approximate surface area is 1120 Å². The standard InChI is InChI=1S/C52H82N2O70S10.13Na/c1-10-28(117-127(77,78)79)23(60)38(122-132(92,93)94)50(103-10)106-16-6-17(43(65)66)107-48(22(16)59)111-34-21(54-14(5)57)47(109-19(9-102-126(74,75)76)32(34)120-130(86,87)88)115-41-37(114-52-40(124-134(98,99)100)25(62)30(12(3)105-52)119-129(83,84)85)27(64)49(116-42(41)45(69)70)112-35-20(53-13(4)56)46(108-18(8-101-125(71,72)73)33(35)121-131(89,90)91)113-36(26(63)44(67)68)31(15(58)7-55)110-51-39(123-133(95,96)97)24(61)29(11(2)104-51)118-128(80,81)82;;;;;;;;;;;;;/h6,10-12,15-16,18-42,46-52,55,58-64H,7-9H2,1-5H3,(H,53,56)(H,54,57)(H,65,66)(H,67,68)(H,69,70)(H,71,72,73)(H,74,75,76)(H,77,78,79)(H,80,81,82)(H,83,84,85)(H,86,87,88)(H,89,90,91)(H,92,93,94)(H,95,96,97)(H,98,99,100);;;;;;;;;;;;;/q;13*+1/p-13/t10-,11-,12-,15-,16-,18+,19+,20+,21+,22+,23+,24+,25+,26-,27+,28+,29+,30+,31+,32-,33-,34+,35+,36+,37+,38-,39-,40-,41-,42-,46-,47-,48-,49+,50-,51-,52-;;;;;;;;;;;;;/m0............./s1. The summed E-state index contributed by atoms with van der Waals surface area (Å²) in [6.45, 7) is -3.97. The molecule has 147 heavy (non-hydrogen) atoms. The third-order valence-corrected chi connectivity index (χ3v) is 23.0. The molecule has 0 radical (unpaired) electrons. The number of hydrogen-bond donors (Lipinski definition) is 10. The molecule has 72 nitrogen and oxygen atoms in total. The SMILES string of the molecule is CC(=O)N[C@H]1[C@H](O[C@@H]([C@H](O[C@@H]2O[C@@H](C)[C@@H](OS(=O)(=O)[O-])[C@@H](O)[C@@H]2OS(=O)(=O)[O-])[C@@H](O)CO)[C@H](O)C(=O)[O-])O[C@H](COS(=O)(=O)[O-])[C@H](OS(=O)(=O)[O-])[C@@H]1O[C@@H]1O[C@H](C(=O)[O-])[C@@H](O[C@@H]2O[C@H](COS(=O)(=O)[O-])[C@H](OS(=O)(=O)[O-])[C@H](O[C@@H]3OC(C(=O)[O-])=C[C@H](O[C@@H]4O[C@@H](C)[C@@H](OS(=O)(=O)[O-])[C@@H](O)[C@@H]4OS(=O)(=O)[O-])[C@H]3O)[C@H]2NC(C)=O)[C@H](O[C@@H]2O[C@@H](C)[C@@H](OS(=O)(=O)[O-])[C@@H](O)[C@@H]2OS(=O)(=O)[O-])[C@H]1O.[Na+].[Na+].[Na+].[Na+].[Na+].[Na+].[Na+].[Na+].[Na+].[Na+].[Na+].[Na+].[Na+]. The van der Waals surface area contributed by atoms with Gasteiger partial charge in [-0.25, -0.2) is 84.2 Å². The van der Waals surface area contributed by atoms with Crippen molar-refractivity contribution >= 4 is 134 Å². The van der Waals surface area contributed by atoms with E-state index >= 15 is 0 Å². The molecule has 0 aliphatic carbocycles. The van der Waals surface area contributed by atoms with Crippen LogP contribution in [0.15, 0.2) is 11.8 Å². The van der Waals surface area contributed by atoms with E-state index in [1.54, 1.807) is 10.6 Å². The fourth-order valence-electron chi connectivity index (χ4n) is 13.5. The minimum atomic E-state index is -6.80. The maximum Gasteiger partial charge on any atom is 1.00 e. The molecule has 7 aliphatic rings. The van der Waals surface area contributed by atoms with Crippen LogP contribution in [-0.2, 0) is 236 Å². The van der Waals surface area contributed by atoms with Crippen molar-refractivity contribution in [3.05, 3.63) is 11.8 Å². The first-order valence-electron chi connectivity index (χ1n) is 35.6. The molecule has 0 aromatic carbocycles. The maximum atomic E-state index is 14.1. The summed E-state index contributed by atoms with van der Waals surface area (Å²) in [7, 11) is -63.9. The number of carboxylic acid groups (broad SMARTS) is 3. The average molecular weight is 2460 g/mol. The first-order valence-corrected chi connectivity index (χ1v) is 48.9. The number of hydrogen-bond acceptors (Lipinski definition) is 70. The molecule has 0 unspecified atom stereocenters. The zero-order valence-electron chi connectivity index (χ0n) is 79.0. The third-order valence-electron chi connectivity index (χ3n) is 18.5. The molecule has 0 aromatic rings. The number of rotatable bonds is 45. The summed E-state index contributed by atoms with van der Waals surface area (Å²) < 4.78 is 486. The van der Waals surface area contributed by atoms with E-state index in [1.165, 1.54) is 0 Å². The molecule has 7 heterocycles. The van der Waals surface area contributed by atoms with Crippen molar-refractivity contribution in [2.45, 2.75) is 262 Å². The van der Waals surface area contributed by atoms with Crippen LogP contribution in [0.3, 0.4) is 0 Å². The second-order valence-electron chi connectivity index (χ2n) is 28.0. The summed E-state index contributed by atoms with van der Waals surface area (Å²) in [6, 6.07) is -6.39. The van der Waals surface area contributed by atoms with Gasteiger partial charge in [-0.3, -0.25) is 51.4 Å². The molecule has 780 valence electrons. The number of ether oxygens (including phenoxy) is 14. The van der Waals surface area contributed by atoms with Crippen LogP contribution < -0.4 is 410 Å². The number of aliphatic hydroxyl groups is 8. The second kappa shape index (κ2) is 69.8. The van der Waals surface area contributed by atoms with Gasteiger partial charge in [0.25, 0.3) is 0 Å². The van der Waals surface area contributed by atoms with Crippen LogP contribution in [0, 0.1) is 0 Å². The number of aliphatic hydroxyl groups excluding tert-OH is 8. The van der Waals surface area contributed by atoms with Gasteiger partial charge in [-0.1, -0.05) is 0 Å². The van der Waals surface area contributed by atoms with Gasteiger partial charge in [0.05, 0.1) is 50.1 Å². The van der Waals surface area contributed by atoms with Gasteiger partial charge in [0.15, 0.2) is 56.1 Å². The Balaban J connectivity index is -0.00000302. The van der Waals surface area contributed by atoms with Crippen molar-refractivity contribution in [1.29, 1.82) is 0 Å². The van der Waals surface area contributed by atoms with Gasteiger partial charge in [0.2, 0.25) is 122 Å². The number of carboxylic acids is 3. The normalized spacial score (nSPS) is 33.6. The minimum absolute atomic E-state index is 0. The van der Waals surface area contributed by atoms with Crippen molar-refractivity contribution in [3.8, 4) is 0 Å². The van der Waals surface area contributed by atoms with Crippen molar-refractivity contribution in [2.75, 3.05) is 19.8 Å². The molecule has 7 rings (SSSR count). The van der Waals surface area contributed by atoms with Gasteiger partial charge >= 0.3 is 384 Å². The molecule has 0 spiro atoms. The van der Waals surface area contributed by atoms with Crippen molar-refractivity contribution in [2.24, 2.45) is 0 Å². The van der Waals surface area contributed by atoms with Gasteiger partial charge in [0, 0.05) is 13.8 Å². The van der Waals surface area contributed by atoms with E-state index < -0.39 is 386 Å². The molecule has 2 amide bonds. The quantitative estimate of drug-likeness (QED) is 0.0154. The van der Waals surface area contributed by atoms with Gasteiger partial charge in [-0.15, -0.1) is 0 Å². The van der Waals surface area contributed by atoms with Crippen molar-refractivity contribution < 1.29 is 702 Å². The van der Waals surface area contributed by atoms with Gasteiger partial charge in [-0.05, 0) is 26.8 Å². The van der Waals surface area contributed by atoms with Crippen molar-refractivity contribution in [1.82, 2.24) is 10.6 Å². The Bertz CT molecular complexity index is 5450. The third kappa shape index (κ3) is 53.3. The van der Waals surface area contributed by atoms with Crippen LogP contribution in [0.4, 0.5) is 0 Å². The molecule has 6 fully saturated rings. The number of aliphatic carboxylic acids is 3. The fourth-order valence-corrected chi connectivity index (χ4v) is 18.2. The number of nitrogens with one attached hydrogen (secondary N) is 2. The molecule has 0 bridgehead atoms. The van der Waals surface area contributed by atoms with E-state index in [9.17, 15) is 210 Å². The molecule has 0 aromatic heterocycles. The van der Waals surface area contributed by atoms with E-state index in [0.29, 0.717) is 34.6 Å². The molecule has 10 N–H and O–H groups in total. The Kier molecular flexibility index (Phi) is 79.5. The Morgan fingerprint density at radius 1 is 0.347 bits per heavy atom.